The third kappa shape index (κ3) is 1.97. The number of carbonyl (C=O) groups is 2. The zero-order valence-electron chi connectivity index (χ0n) is 13.4. The Labute approximate surface area is 131 Å². The van der Waals surface area contributed by atoms with Gasteiger partial charge in [-0.3, -0.25) is 9.59 Å². The topological polar surface area (TPSA) is 40.6 Å². The first kappa shape index (κ1) is 14.8. The highest BCUT2D eigenvalue weighted by atomic mass is 16.1. The van der Waals surface area contributed by atoms with E-state index in [0.717, 1.165) is 25.9 Å². The molecule has 1 aromatic carbocycles. The molecular formula is C18H22N2O2. The molecule has 4 nitrogen and oxygen atoms in total. The zero-order valence-corrected chi connectivity index (χ0v) is 13.4. The second-order valence-corrected chi connectivity index (χ2v) is 5.92. The number of nitrogens with zero attached hydrogens (tertiary/aromatic N) is 2. The van der Waals surface area contributed by atoms with Crippen LogP contribution in [0, 0.1) is 0 Å². The van der Waals surface area contributed by atoms with E-state index in [0.29, 0.717) is 22.5 Å². The number of hydrogen-bond acceptors (Lipinski definition) is 4. The number of rotatable bonds is 4. The van der Waals surface area contributed by atoms with Crippen LogP contribution in [0.5, 0.6) is 0 Å². The molecule has 0 atom stereocenters. The van der Waals surface area contributed by atoms with Gasteiger partial charge in [0.2, 0.25) is 11.6 Å². The standard InChI is InChI=1S/C18H22N2O2/c1-4-10-19-12(3)20(11-5-2)16-15(19)17(21)13-8-6-7-9-14(13)18(16)22/h6-9,12H,4-5,10-11H2,1-3H3. The van der Waals surface area contributed by atoms with Gasteiger partial charge in [0, 0.05) is 24.2 Å². The van der Waals surface area contributed by atoms with Crippen molar-refractivity contribution < 1.29 is 9.59 Å². The molecule has 0 N–H and O–H groups in total. The molecule has 1 aromatic rings. The Bertz CT molecular complexity index is 608. The fourth-order valence-electron chi connectivity index (χ4n) is 3.50. The molecule has 1 heterocycles. The number of hydrogen-bond donors (Lipinski definition) is 0. The molecule has 0 radical (unpaired) electrons. The number of fused-ring (bicyclic) bond motifs is 1. The third-order valence-corrected chi connectivity index (χ3v) is 4.48. The summed E-state index contributed by atoms with van der Waals surface area (Å²) in [5.74, 6) is -0.0202. The van der Waals surface area contributed by atoms with Crippen LogP contribution in [0.25, 0.3) is 0 Å². The molecule has 0 aromatic heterocycles. The number of ketones is 2. The number of carbonyl (C=O) groups excluding carboxylic acids is 2. The Morgan fingerprint density at radius 2 is 1.27 bits per heavy atom. The molecule has 0 spiro atoms. The van der Waals surface area contributed by atoms with Crippen molar-refractivity contribution in [1.29, 1.82) is 0 Å². The Kier molecular flexibility index (Phi) is 3.77. The van der Waals surface area contributed by atoms with E-state index in [2.05, 4.69) is 30.6 Å². The van der Waals surface area contributed by atoms with Crippen molar-refractivity contribution >= 4 is 11.6 Å². The van der Waals surface area contributed by atoms with Crippen LogP contribution in [0.2, 0.25) is 0 Å². The predicted molar refractivity (Wildman–Crippen MR) is 85.6 cm³/mol. The minimum atomic E-state index is -0.0101. The summed E-state index contributed by atoms with van der Waals surface area (Å²) in [6.07, 6.45) is 1.96. The van der Waals surface area contributed by atoms with Crippen LogP contribution in [0.15, 0.2) is 35.7 Å². The Balaban J connectivity index is 2.15. The van der Waals surface area contributed by atoms with Gasteiger partial charge in [-0.1, -0.05) is 38.1 Å². The van der Waals surface area contributed by atoms with E-state index >= 15 is 0 Å². The van der Waals surface area contributed by atoms with Crippen molar-refractivity contribution in [1.82, 2.24) is 9.80 Å². The Hall–Kier alpha value is -2.10. The normalized spacial score (nSPS) is 18.1. The van der Waals surface area contributed by atoms with E-state index in [4.69, 9.17) is 0 Å². The summed E-state index contributed by atoms with van der Waals surface area (Å²) in [5.41, 5.74) is 2.29. The van der Waals surface area contributed by atoms with Gasteiger partial charge in [0.15, 0.2) is 0 Å². The smallest absolute Gasteiger partial charge is 0.212 e. The molecule has 0 saturated carbocycles. The van der Waals surface area contributed by atoms with E-state index < -0.39 is 0 Å². The maximum absolute atomic E-state index is 12.9. The van der Waals surface area contributed by atoms with Crippen molar-refractivity contribution in [2.75, 3.05) is 13.1 Å². The third-order valence-electron chi connectivity index (χ3n) is 4.48. The maximum Gasteiger partial charge on any atom is 0.212 e. The minimum absolute atomic E-state index is 0.0101. The molecule has 4 heteroatoms. The maximum atomic E-state index is 12.9. The first-order chi connectivity index (χ1) is 10.6. The van der Waals surface area contributed by atoms with Crippen LogP contribution in [0.4, 0.5) is 0 Å². The summed E-state index contributed by atoms with van der Waals surface area (Å²) in [6, 6.07) is 7.16. The van der Waals surface area contributed by atoms with Crippen molar-refractivity contribution in [3.8, 4) is 0 Å². The van der Waals surface area contributed by atoms with E-state index in [1.165, 1.54) is 0 Å². The first-order valence-corrected chi connectivity index (χ1v) is 8.07. The van der Waals surface area contributed by atoms with E-state index in [1.54, 1.807) is 12.1 Å². The van der Waals surface area contributed by atoms with Crippen LogP contribution in [-0.4, -0.2) is 40.6 Å². The summed E-state index contributed by atoms with van der Waals surface area (Å²) in [6.45, 7) is 7.86. The highest BCUT2D eigenvalue weighted by Crippen LogP contribution is 2.38. The molecule has 3 rings (SSSR count). The first-order valence-electron chi connectivity index (χ1n) is 8.07. The van der Waals surface area contributed by atoms with Crippen LogP contribution >= 0.6 is 0 Å². The molecule has 0 fully saturated rings. The largest absolute Gasteiger partial charge is 0.346 e. The zero-order chi connectivity index (χ0) is 15.9. The number of allylic oxidation sites excluding steroid dienone is 2. The Morgan fingerprint density at radius 1 is 0.864 bits per heavy atom. The van der Waals surface area contributed by atoms with Crippen LogP contribution in [0.3, 0.4) is 0 Å². The quantitative estimate of drug-likeness (QED) is 0.856. The van der Waals surface area contributed by atoms with Gasteiger partial charge in [-0.25, -0.2) is 0 Å². The van der Waals surface area contributed by atoms with Crippen LogP contribution < -0.4 is 0 Å². The van der Waals surface area contributed by atoms with Crippen molar-refractivity contribution in [2.45, 2.75) is 39.8 Å². The van der Waals surface area contributed by atoms with E-state index in [9.17, 15) is 9.59 Å². The molecule has 1 aliphatic heterocycles. The molecule has 1 aliphatic carbocycles. The van der Waals surface area contributed by atoms with E-state index in [1.807, 2.05) is 12.1 Å². The van der Waals surface area contributed by atoms with Crippen LogP contribution in [-0.2, 0) is 0 Å². The SMILES string of the molecule is CCCN1C2=C(C(=O)c3ccccc3C2=O)N(CCC)C1C. The van der Waals surface area contributed by atoms with Crippen LogP contribution in [0.1, 0.15) is 54.3 Å². The van der Waals surface area contributed by atoms with E-state index in [-0.39, 0.29) is 17.7 Å². The summed E-state index contributed by atoms with van der Waals surface area (Å²) < 4.78 is 0. The van der Waals surface area contributed by atoms with Gasteiger partial charge in [-0.05, 0) is 19.8 Å². The predicted octanol–water partition coefficient (Wildman–Crippen LogP) is 3.06. The lowest BCUT2D eigenvalue weighted by atomic mass is 9.90. The van der Waals surface area contributed by atoms with Gasteiger partial charge < -0.3 is 9.80 Å². The van der Waals surface area contributed by atoms with Crippen molar-refractivity contribution in [2.24, 2.45) is 0 Å². The Morgan fingerprint density at radius 3 is 1.64 bits per heavy atom. The molecule has 0 amide bonds. The lowest BCUT2D eigenvalue weighted by Gasteiger charge is -2.31. The molecule has 0 saturated heterocycles. The number of benzene rings is 1. The average Bonchev–Trinajstić information content (AvgIpc) is 2.80. The summed E-state index contributed by atoms with van der Waals surface area (Å²) in [5, 5.41) is 0. The lowest BCUT2D eigenvalue weighted by molar-refractivity contribution is 0.0950. The molecular weight excluding hydrogens is 276 g/mol. The highest BCUT2D eigenvalue weighted by molar-refractivity contribution is 6.26. The van der Waals surface area contributed by atoms with Gasteiger partial charge in [0.05, 0.1) is 6.17 Å². The fourth-order valence-corrected chi connectivity index (χ4v) is 3.50. The summed E-state index contributed by atoms with van der Waals surface area (Å²) >= 11 is 0. The molecule has 0 unspecified atom stereocenters. The minimum Gasteiger partial charge on any atom is -0.346 e. The average molecular weight is 298 g/mol. The highest BCUT2D eigenvalue weighted by Gasteiger charge is 2.45. The van der Waals surface area contributed by atoms with Gasteiger partial charge in [-0.2, -0.15) is 0 Å². The second kappa shape index (κ2) is 5.59. The second-order valence-electron chi connectivity index (χ2n) is 5.92. The number of Topliss-reactive ketones (excluding diaryl/α,β-unsaturated/α-hetero) is 2. The molecule has 22 heavy (non-hydrogen) atoms. The summed E-state index contributed by atoms with van der Waals surface area (Å²) in [4.78, 5) is 30.1. The fraction of sp³-hybridized carbons (Fsp3) is 0.444. The van der Waals surface area contributed by atoms with Gasteiger partial charge in [0.1, 0.15) is 11.4 Å². The monoisotopic (exact) mass is 298 g/mol. The van der Waals surface area contributed by atoms with Gasteiger partial charge in [-0.15, -0.1) is 0 Å². The van der Waals surface area contributed by atoms with Crippen molar-refractivity contribution in [3.63, 3.8) is 0 Å². The van der Waals surface area contributed by atoms with Gasteiger partial charge >= 0.3 is 0 Å². The van der Waals surface area contributed by atoms with Gasteiger partial charge in [0.25, 0.3) is 0 Å². The molecule has 0 bridgehead atoms. The lowest BCUT2D eigenvalue weighted by Crippen LogP contribution is -2.39. The molecule has 2 aliphatic rings. The van der Waals surface area contributed by atoms with Crippen molar-refractivity contribution in [3.05, 3.63) is 46.8 Å². The summed E-state index contributed by atoms with van der Waals surface area (Å²) in [7, 11) is 0. The molecule has 116 valence electrons.